The molecule has 5 nitrogen and oxygen atoms in total. The van der Waals surface area contributed by atoms with Crippen molar-refractivity contribution in [1.29, 1.82) is 0 Å². The van der Waals surface area contributed by atoms with Gasteiger partial charge in [0, 0.05) is 12.6 Å². The summed E-state index contributed by atoms with van der Waals surface area (Å²) in [6, 6.07) is 12.4. The molecule has 1 aliphatic heterocycles. The van der Waals surface area contributed by atoms with Crippen molar-refractivity contribution in [3.63, 3.8) is 0 Å². The van der Waals surface area contributed by atoms with Crippen LogP contribution in [0.25, 0.3) is 10.2 Å². The van der Waals surface area contributed by atoms with Gasteiger partial charge in [-0.3, -0.25) is 9.59 Å². The van der Waals surface area contributed by atoms with Gasteiger partial charge in [-0.25, -0.2) is 0 Å². The lowest BCUT2D eigenvalue weighted by Crippen LogP contribution is -2.65. The van der Waals surface area contributed by atoms with Gasteiger partial charge in [0.05, 0.1) is 16.8 Å². The minimum atomic E-state index is -0.969. The third kappa shape index (κ3) is 3.78. The van der Waals surface area contributed by atoms with E-state index in [1.54, 1.807) is 16.2 Å². The van der Waals surface area contributed by atoms with Gasteiger partial charge in [0.15, 0.2) is 0 Å². The Morgan fingerprint density at radius 1 is 1.18 bits per heavy atom. The quantitative estimate of drug-likeness (QED) is 0.566. The minimum absolute atomic E-state index is 0.0448. The van der Waals surface area contributed by atoms with E-state index in [9.17, 15) is 9.59 Å². The molecule has 0 saturated heterocycles. The van der Waals surface area contributed by atoms with Crippen molar-refractivity contribution in [2.45, 2.75) is 71.6 Å². The first-order chi connectivity index (χ1) is 15.8. The van der Waals surface area contributed by atoms with Crippen molar-refractivity contribution < 1.29 is 9.59 Å². The zero-order valence-electron chi connectivity index (χ0n) is 19.9. The van der Waals surface area contributed by atoms with Crippen LogP contribution in [0.5, 0.6) is 0 Å². The Kier molecular flexibility index (Phi) is 5.60. The molecular formula is C27H33N3O2S. The molecule has 6 heteroatoms. The number of fused-ring (bicyclic) bond motifs is 3. The summed E-state index contributed by atoms with van der Waals surface area (Å²) in [7, 11) is 0. The molecule has 1 aliphatic carbocycles. The number of nitrogens with zero attached hydrogens (tertiary/aromatic N) is 2. The van der Waals surface area contributed by atoms with Gasteiger partial charge in [-0.15, -0.1) is 11.3 Å². The van der Waals surface area contributed by atoms with Crippen LogP contribution in [0.4, 0.5) is 0 Å². The average Bonchev–Trinajstić information content (AvgIpc) is 3.38. The summed E-state index contributed by atoms with van der Waals surface area (Å²) >= 11 is 1.64. The van der Waals surface area contributed by atoms with Crippen LogP contribution in [-0.2, 0) is 17.9 Å². The second kappa shape index (κ2) is 8.32. The number of benzene rings is 1. The predicted octanol–water partition coefficient (Wildman–Crippen LogP) is 5.37. The fourth-order valence-electron chi connectivity index (χ4n) is 5.51. The third-order valence-electron chi connectivity index (χ3n) is 8.02. The summed E-state index contributed by atoms with van der Waals surface area (Å²) < 4.78 is 3.14. The van der Waals surface area contributed by atoms with E-state index in [-0.39, 0.29) is 17.9 Å². The lowest BCUT2D eigenvalue weighted by molar-refractivity contribution is -0.134. The third-order valence-corrected chi connectivity index (χ3v) is 8.88. The Morgan fingerprint density at radius 2 is 1.94 bits per heavy atom. The van der Waals surface area contributed by atoms with Crippen LogP contribution in [0, 0.1) is 18.8 Å². The maximum atomic E-state index is 13.9. The molecule has 3 aromatic rings. The maximum Gasteiger partial charge on any atom is 0.271 e. The Balaban J connectivity index is 1.52. The first kappa shape index (κ1) is 22.2. The first-order valence-electron chi connectivity index (χ1n) is 12.0. The molecule has 0 radical (unpaired) electrons. The first-order valence-corrected chi connectivity index (χ1v) is 12.9. The largest absolute Gasteiger partial charge is 0.351 e. The van der Waals surface area contributed by atoms with Crippen molar-refractivity contribution in [2.75, 3.05) is 0 Å². The van der Waals surface area contributed by atoms with E-state index in [4.69, 9.17) is 0 Å². The van der Waals surface area contributed by atoms with E-state index < -0.39 is 5.54 Å². The van der Waals surface area contributed by atoms with Crippen LogP contribution >= 0.6 is 11.3 Å². The van der Waals surface area contributed by atoms with Gasteiger partial charge in [-0.1, -0.05) is 56.5 Å². The number of aromatic nitrogens is 1. The molecule has 1 aromatic carbocycles. The molecule has 33 heavy (non-hydrogen) atoms. The lowest BCUT2D eigenvalue weighted by Gasteiger charge is -2.45. The summed E-state index contributed by atoms with van der Waals surface area (Å²) in [6.07, 6.45) is 3.35. The number of rotatable bonds is 4. The van der Waals surface area contributed by atoms with E-state index in [1.165, 1.54) is 12.0 Å². The van der Waals surface area contributed by atoms with Gasteiger partial charge >= 0.3 is 0 Å². The predicted molar refractivity (Wildman–Crippen MR) is 133 cm³/mol. The summed E-state index contributed by atoms with van der Waals surface area (Å²) in [4.78, 5) is 29.5. The van der Waals surface area contributed by atoms with Crippen molar-refractivity contribution in [2.24, 2.45) is 11.8 Å². The van der Waals surface area contributed by atoms with Crippen molar-refractivity contribution in [1.82, 2.24) is 14.8 Å². The molecule has 2 aromatic heterocycles. The van der Waals surface area contributed by atoms with E-state index in [0.29, 0.717) is 30.6 Å². The second-order valence-corrected chi connectivity index (χ2v) is 11.2. The smallest absolute Gasteiger partial charge is 0.271 e. The van der Waals surface area contributed by atoms with Crippen LogP contribution < -0.4 is 5.32 Å². The molecule has 3 heterocycles. The van der Waals surface area contributed by atoms with Crippen LogP contribution in [0.2, 0.25) is 0 Å². The van der Waals surface area contributed by atoms with E-state index in [2.05, 4.69) is 56.4 Å². The molecule has 5 rings (SSSR count). The average molecular weight is 464 g/mol. The van der Waals surface area contributed by atoms with Crippen molar-refractivity contribution in [3.05, 3.63) is 58.6 Å². The molecule has 0 bridgehead atoms. The molecule has 4 atom stereocenters. The highest BCUT2D eigenvalue weighted by Gasteiger charge is 2.48. The Bertz CT molecular complexity index is 1190. The summed E-state index contributed by atoms with van der Waals surface area (Å²) in [6.45, 7) is 9.39. The number of carbonyl (C=O) groups excluding carboxylic acids is 2. The number of nitrogens with one attached hydrogen (secondary N) is 1. The van der Waals surface area contributed by atoms with Gasteiger partial charge in [-0.2, -0.15) is 0 Å². The Hall–Kier alpha value is -2.60. The van der Waals surface area contributed by atoms with Gasteiger partial charge in [0.2, 0.25) is 5.91 Å². The number of amides is 2. The van der Waals surface area contributed by atoms with E-state index in [1.807, 2.05) is 22.9 Å². The van der Waals surface area contributed by atoms with Crippen LogP contribution in [0.1, 0.15) is 61.6 Å². The standard InChI is InChI=1S/C27H33N3O2S/c1-17-8-10-20(11-9-17)15-30-25(31)23-14-24-22(12-13-33-24)29(23)16-27(30,4)26(32)28-21-7-5-6-18(2)19(21)3/h8-14,18-19,21H,5-7,15-16H2,1-4H3,(H,28,32)/t18-,19+,21+,27+/m0/s1. The molecule has 0 unspecified atom stereocenters. The minimum Gasteiger partial charge on any atom is -0.351 e. The SMILES string of the molecule is Cc1ccc(CN2C(=O)c3cc4sccc4n3C[C@]2(C)C(=O)N[C@@H]2CCC[C@H](C)[C@H]2C)cc1. The highest BCUT2D eigenvalue weighted by Crippen LogP contribution is 2.36. The van der Waals surface area contributed by atoms with Crippen LogP contribution in [0.15, 0.2) is 41.8 Å². The molecular weight excluding hydrogens is 430 g/mol. The fraction of sp³-hybridized carbons (Fsp3) is 0.481. The molecule has 1 fully saturated rings. The fourth-order valence-corrected chi connectivity index (χ4v) is 6.33. The number of hydrogen-bond donors (Lipinski definition) is 1. The van der Waals surface area contributed by atoms with Crippen molar-refractivity contribution >= 4 is 33.4 Å². The summed E-state index contributed by atoms with van der Waals surface area (Å²) in [5.74, 6) is 0.904. The monoisotopic (exact) mass is 463 g/mol. The zero-order valence-corrected chi connectivity index (χ0v) is 20.7. The van der Waals surface area contributed by atoms with E-state index >= 15 is 0 Å². The molecule has 174 valence electrons. The zero-order chi connectivity index (χ0) is 23.3. The summed E-state index contributed by atoms with van der Waals surface area (Å²) in [5.41, 5.74) is 2.96. The molecule has 2 aliphatic rings. The molecule has 2 amide bonds. The number of carbonyl (C=O) groups is 2. The Morgan fingerprint density at radius 3 is 2.70 bits per heavy atom. The highest BCUT2D eigenvalue weighted by molar-refractivity contribution is 7.17. The second-order valence-electron chi connectivity index (χ2n) is 10.3. The molecule has 1 saturated carbocycles. The molecule has 1 N–H and O–H groups in total. The summed E-state index contributed by atoms with van der Waals surface area (Å²) in [5, 5.41) is 5.42. The van der Waals surface area contributed by atoms with Gasteiger partial charge in [0.25, 0.3) is 5.91 Å². The van der Waals surface area contributed by atoms with Crippen LogP contribution in [0.3, 0.4) is 0 Å². The normalized spacial score (nSPS) is 27.6. The van der Waals surface area contributed by atoms with Gasteiger partial charge in [-0.05, 0) is 55.2 Å². The topological polar surface area (TPSA) is 54.3 Å². The van der Waals surface area contributed by atoms with Gasteiger partial charge < -0.3 is 14.8 Å². The van der Waals surface area contributed by atoms with Gasteiger partial charge in [0.1, 0.15) is 11.2 Å². The Labute approximate surface area is 199 Å². The lowest BCUT2D eigenvalue weighted by atomic mass is 9.77. The number of thiophene rings is 1. The van der Waals surface area contributed by atoms with E-state index in [0.717, 1.165) is 28.6 Å². The van der Waals surface area contributed by atoms with Crippen LogP contribution in [-0.4, -0.2) is 32.9 Å². The molecule has 0 spiro atoms. The number of hydrogen-bond acceptors (Lipinski definition) is 3. The maximum absolute atomic E-state index is 13.9. The van der Waals surface area contributed by atoms with Crippen molar-refractivity contribution in [3.8, 4) is 0 Å². The highest BCUT2D eigenvalue weighted by atomic mass is 32.1. The number of aryl methyl sites for hydroxylation is 1.